The highest BCUT2D eigenvalue weighted by Crippen LogP contribution is 2.19. The summed E-state index contributed by atoms with van der Waals surface area (Å²) >= 11 is 0. The van der Waals surface area contributed by atoms with Crippen LogP contribution in [0.4, 0.5) is 0 Å². The first-order valence-corrected chi connectivity index (χ1v) is 3.99. The molecule has 0 amide bonds. The molecule has 1 N–H and O–H groups in total. The van der Waals surface area contributed by atoms with Gasteiger partial charge >= 0.3 is 0 Å². The molecule has 2 atom stereocenters. The molecule has 2 unspecified atom stereocenters. The molecule has 2 heterocycles. The van der Waals surface area contributed by atoms with Gasteiger partial charge in [-0.3, -0.25) is 0 Å². The van der Waals surface area contributed by atoms with Crippen molar-refractivity contribution in [1.82, 2.24) is 5.32 Å². The van der Waals surface area contributed by atoms with E-state index in [0.29, 0.717) is 10.7 Å². The monoisotopic (exact) mass is 116 g/mol. The van der Waals surface area contributed by atoms with Crippen molar-refractivity contribution in [2.45, 2.75) is 5.37 Å². The van der Waals surface area contributed by atoms with Crippen LogP contribution in [0.15, 0.2) is 4.36 Å². The largest absolute Gasteiger partial charge is 0.313 e. The van der Waals surface area contributed by atoms with Gasteiger partial charge in [0.25, 0.3) is 0 Å². The minimum Gasteiger partial charge on any atom is -0.313 e. The highest BCUT2D eigenvalue weighted by Gasteiger charge is 2.27. The zero-order valence-corrected chi connectivity index (χ0v) is 4.87. The lowest BCUT2D eigenvalue weighted by atomic mass is 10.6. The van der Waals surface area contributed by atoms with E-state index in [2.05, 4.69) is 9.68 Å². The molecule has 2 aliphatic heterocycles. The summed E-state index contributed by atoms with van der Waals surface area (Å²) in [4.78, 5) is 0. The van der Waals surface area contributed by atoms with Gasteiger partial charge in [-0.15, -0.1) is 0 Å². The normalized spacial score (nSPS) is 46.9. The van der Waals surface area contributed by atoms with Gasteiger partial charge in [-0.25, -0.2) is 4.36 Å². The van der Waals surface area contributed by atoms with Crippen molar-refractivity contribution in [1.29, 1.82) is 0 Å². The highest BCUT2D eigenvalue weighted by atomic mass is 32.2. The molecule has 2 nitrogen and oxygen atoms in total. The van der Waals surface area contributed by atoms with Crippen LogP contribution in [-0.2, 0) is 10.7 Å². The van der Waals surface area contributed by atoms with Gasteiger partial charge in [-0.2, -0.15) is 0 Å². The Morgan fingerprint density at radius 2 is 2.71 bits per heavy atom. The standard InChI is InChI=1S/C4H8N2S/c1-2-7-4(6-7)3-5-1/h4-5H,1-3H2. The van der Waals surface area contributed by atoms with Crippen LogP contribution >= 0.6 is 0 Å². The van der Waals surface area contributed by atoms with Crippen LogP contribution in [0.25, 0.3) is 0 Å². The average molecular weight is 116 g/mol. The zero-order chi connectivity index (χ0) is 4.69. The number of rotatable bonds is 0. The van der Waals surface area contributed by atoms with Gasteiger partial charge in [0.15, 0.2) is 0 Å². The van der Waals surface area contributed by atoms with E-state index in [4.69, 9.17) is 0 Å². The van der Waals surface area contributed by atoms with Crippen molar-refractivity contribution in [3.8, 4) is 0 Å². The molecule has 0 aromatic heterocycles. The van der Waals surface area contributed by atoms with E-state index >= 15 is 0 Å². The minimum atomic E-state index is 0.539. The smallest absolute Gasteiger partial charge is 0.125 e. The Labute approximate surface area is 45.4 Å². The highest BCUT2D eigenvalue weighted by molar-refractivity contribution is 7.92. The molecular weight excluding hydrogens is 108 g/mol. The molecule has 0 bridgehead atoms. The van der Waals surface area contributed by atoms with E-state index in [1.54, 1.807) is 0 Å². The molecule has 3 heteroatoms. The van der Waals surface area contributed by atoms with Gasteiger partial charge < -0.3 is 5.32 Å². The second-order valence-corrected chi connectivity index (χ2v) is 3.84. The fraction of sp³-hybridized carbons (Fsp3) is 1.00. The van der Waals surface area contributed by atoms with E-state index in [9.17, 15) is 0 Å². The molecule has 0 radical (unpaired) electrons. The lowest BCUT2D eigenvalue weighted by Crippen LogP contribution is -2.30. The molecule has 0 saturated carbocycles. The SMILES string of the molecule is C1CS2=NC2CN1. The van der Waals surface area contributed by atoms with Gasteiger partial charge in [-0.05, 0) is 0 Å². The lowest BCUT2D eigenvalue weighted by Gasteiger charge is -2.05. The molecule has 0 aromatic rings. The summed E-state index contributed by atoms with van der Waals surface area (Å²) in [5, 5.41) is 4.03. The third-order valence-corrected chi connectivity index (χ3v) is 3.16. The summed E-state index contributed by atoms with van der Waals surface area (Å²) in [6, 6.07) is 0. The summed E-state index contributed by atoms with van der Waals surface area (Å²) in [5.74, 6) is 1.31. The number of fused-ring (bicyclic) bond motifs is 1. The fourth-order valence-corrected chi connectivity index (χ4v) is 2.40. The quantitative estimate of drug-likeness (QED) is 0.463. The van der Waals surface area contributed by atoms with Crippen LogP contribution in [0.2, 0.25) is 0 Å². The van der Waals surface area contributed by atoms with Gasteiger partial charge in [-0.1, -0.05) is 10.7 Å². The van der Waals surface area contributed by atoms with Gasteiger partial charge in [0.1, 0.15) is 5.37 Å². The number of nitrogens with zero attached hydrogens (tertiary/aromatic N) is 1. The summed E-state index contributed by atoms with van der Waals surface area (Å²) in [6.07, 6.45) is 0. The molecular formula is C4H8N2S. The lowest BCUT2D eigenvalue weighted by molar-refractivity contribution is 0.713. The summed E-state index contributed by atoms with van der Waals surface area (Å²) < 4.78 is 4.32. The maximum Gasteiger partial charge on any atom is 0.125 e. The van der Waals surface area contributed by atoms with Crippen molar-refractivity contribution in [3.63, 3.8) is 0 Å². The van der Waals surface area contributed by atoms with E-state index in [1.165, 1.54) is 12.3 Å². The molecule has 40 valence electrons. The van der Waals surface area contributed by atoms with Crippen molar-refractivity contribution < 1.29 is 0 Å². The molecule has 2 aliphatic rings. The number of hydrogen-bond acceptors (Lipinski definition) is 2. The van der Waals surface area contributed by atoms with E-state index in [1.807, 2.05) is 0 Å². The topological polar surface area (TPSA) is 24.4 Å². The predicted octanol–water partition coefficient (Wildman–Crippen LogP) is -0.269. The maximum absolute atomic E-state index is 4.32. The Hall–Kier alpha value is 0.110. The molecule has 1 saturated heterocycles. The van der Waals surface area contributed by atoms with Crippen molar-refractivity contribution in [2.75, 3.05) is 18.8 Å². The second-order valence-electron chi connectivity index (χ2n) is 1.87. The predicted molar refractivity (Wildman–Crippen MR) is 31.3 cm³/mol. The molecule has 0 aliphatic carbocycles. The van der Waals surface area contributed by atoms with Crippen LogP contribution in [0.3, 0.4) is 0 Å². The van der Waals surface area contributed by atoms with Crippen LogP contribution in [0, 0.1) is 0 Å². The Bertz CT molecular complexity index is 121. The van der Waals surface area contributed by atoms with Gasteiger partial charge in [0.2, 0.25) is 0 Å². The Balaban J connectivity index is 2.02. The summed E-state index contributed by atoms with van der Waals surface area (Å²) in [6.45, 7) is 2.35. The molecule has 0 aromatic carbocycles. The first kappa shape index (κ1) is 4.04. The minimum absolute atomic E-state index is 0.539. The Kier molecular flexibility index (Phi) is 0.745. The first-order chi connectivity index (χ1) is 3.47. The van der Waals surface area contributed by atoms with Crippen molar-refractivity contribution in [3.05, 3.63) is 0 Å². The zero-order valence-electron chi connectivity index (χ0n) is 4.05. The molecule has 0 spiro atoms. The number of nitrogens with one attached hydrogen (secondary N) is 1. The Morgan fingerprint density at radius 1 is 1.71 bits per heavy atom. The summed E-state index contributed by atoms with van der Waals surface area (Å²) in [5.41, 5.74) is 0. The maximum atomic E-state index is 4.32. The van der Waals surface area contributed by atoms with E-state index < -0.39 is 0 Å². The van der Waals surface area contributed by atoms with Crippen LogP contribution in [0.1, 0.15) is 0 Å². The second kappa shape index (κ2) is 1.29. The van der Waals surface area contributed by atoms with Crippen molar-refractivity contribution >= 4 is 10.7 Å². The Morgan fingerprint density at radius 3 is 3.29 bits per heavy atom. The number of hydrogen-bond donors (Lipinski definition) is 1. The first-order valence-electron chi connectivity index (χ1n) is 2.58. The third-order valence-electron chi connectivity index (χ3n) is 1.33. The molecule has 2 rings (SSSR count). The van der Waals surface area contributed by atoms with Crippen LogP contribution in [0.5, 0.6) is 0 Å². The van der Waals surface area contributed by atoms with Crippen molar-refractivity contribution in [2.24, 2.45) is 4.36 Å². The average Bonchev–Trinajstić information content (AvgIpc) is 2.41. The van der Waals surface area contributed by atoms with Crippen LogP contribution in [-0.4, -0.2) is 24.2 Å². The van der Waals surface area contributed by atoms with Gasteiger partial charge in [0, 0.05) is 18.8 Å². The van der Waals surface area contributed by atoms with Gasteiger partial charge in [0.05, 0.1) is 0 Å². The van der Waals surface area contributed by atoms with E-state index in [-0.39, 0.29) is 0 Å². The molecule has 1 fully saturated rings. The van der Waals surface area contributed by atoms with Crippen LogP contribution < -0.4 is 5.32 Å². The summed E-state index contributed by atoms with van der Waals surface area (Å²) in [7, 11) is 0.539. The third kappa shape index (κ3) is 0.601. The van der Waals surface area contributed by atoms with E-state index in [0.717, 1.165) is 11.9 Å². The molecule has 7 heavy (non-hydrogen) atoms. The fourth-order valence-electron chi connectivity index (χ4n) is 0.851.